The van der Waals surface area contributed by atoms with E-state index in [1.807, 2.05) is 0 Å². The topological polar surface area (TPSA) is 106 Å². The third kappa shape index (κ3) is 4.63. The van der Waals surface area contributed by atoms with Crippen molar-refractivity contribution >= 4 is 47.3 Å². The first-order valence-electron chi connectivity index (χ1n) is 10.3. The van der Waals surface area contributed by atoms with Gasteiger partial charge in [0, 0.05) is 19.3 Å². The van der Waals surface area contributed by atoms with Gasteiger partial charge in [0.15, 0.2) is 14.6 Å². The minimum Gasteiger partial charge on any atom is -0.313 e. The summed E-state index contributed by atoms with van der Waals surface area (Å²) in [6.07, 6.45) is 3.54. The van der Waals surface area contributed by atoms with Crippen LogP contribution in [0.25, 0.3) is 10.2 Å². The number of benzene rings is 2. The van der Waals surface area contributed by atoms with E-state index in [0.29, 0.717) is 34.4 Å². The van der Waals surface area contributed by atoms with Crippen LogP contribution in [0.1, 0.15) is 12.8 Å². The Morgan fingerprint density at radius 1 is 1.18 bits per heavy atom. The zero-order chi connectivity index (χ0) is 24.7. The van der Waals surface area contributed by atoms with Gasteiger partial charge in [-0.3, -0.25) is 4.79 Å². The van der Waals surface area contributed by atoms with Crippen LogP contribution >= 0.6 is 11.3 Å². The molecule has 1 aromatic heterocycles. The summed E-state index contributed by atoms with van der Waals surface area (Å²) in [6, 6.07) is 8.15. The van der Waals surface area contributed by atoms with E-state index in [4.69, 9.17) is 0 Å². The van der Waals surface area contributed by atoms with E-state index in [1.54, 1.807) is 16.7 Å². The summed E-state index contributed by atoms with van der Waals surface area (Å²) in [5, 5.41) is 0. The number of allylic oxidation sites excluding steroid dienone is 1. The third-order valence-corrected chi connectivity index (χ3v) is 9.58. The molecule has 3 aromatic rings. The number of hydrogen-bond donors (Lipinski definition) is 0. The molecule has 0 aliphatic carbocycles. The van der Waals surface area contributed by atoms with Gasteiger partial charge >= 0.3 is 0 Å². The second-order valence-corrected chi connectivity index (χ2v) is 12.8. The number of carbonyl (C=O) groups excluding carboxylic acids is 1. The molecule has 180 valence electrons. The second-order valence-electron chi connectivity index (χ2n) is 7.86. The van der Waals surface area contributed by atoms with E-state index in [0.717, 1.165) is 34.0 Å². The number of halogens is 1. The first-order valence-corrected chi connectivity index (χ1v) is 14.5. The van der Waals surface area contributed by atoms with Crippen molar-refractivity contribution in [3.63, 3.8) is 0 Å². The van der Waals surface area contributed by atoms with Crippen LogP contribution in [0.2, 0.25) is 0 Å². The molecule has 8 nitrogen and oxygen atoms in total. The number of sulfonamides is 1. The van der Waals surface area contributed by atoms with Crippen LogP contribution < -0.4 is 4.80 Å². The molecule has 2 heterocycles. The summed E-state index contributed by atoms with van der Waals surface area (Å²) < 4.78 is 66.8. The largest absolute Gasteiger partial charge is 0.313 e. The highest BCUT2D eigenvalue weighted by molar-refractivity contribution is 7.90. The van der Waals surface area contributed by atoms with Crippen molar-refractivity contribution in [3.8, 4) is 0 Å². The van der Waals surface area contributed by atoms with Crippen molar-refractivity contribution < 1.29 is 26.0 Å². The predicted octanol–water partition coefficient (Wildman–Crippen LogP) is 2.71. The molecule has 0 spiro atoms. The lowest BCUT2D eigenvalue weighted by molar-refractivity contribution is -0.121. The van der Waals surface area contributed by atoms with Gasteiger partial charge in [-0.25, -0.2) is 21.2 Å². The number of aromatic nitrogens is 1. The van der Waals surface area contributed by atoms with Gasteiger partial charge in [-0.15, -0.1) is 6.58 Å². The number of nitrogens with zero attached hydrogens (tertiary/aromatic N) is 3. The molecule has 1 aliphatic heterocycles. The van der Waals surface area contributed by atoms with Crippen LogP contribution in [0.5, 0.6) is 0 Å². The molecule has 1 unspecified atom stereocenters. The first kappa shape index (κ1) is 24.5. The van der Waals surface area contributed by atoms with Crippen molar-refractivity contribution in [2.24, 2.45) is 4.99 Å². The van der Waals surface area contributed by atoms with E-state index in [2.05, 4.69) is 11.6 Å². The van der Waals surface area contributed by atoms with Crippen LogP contribution in [0, 0.1) is 5.82 Å². The molecule has 1 atom stereocenters. The van der Waals surface area contributed by atoms with Gasteiger partial charge in [-0.1, -0.05) is 17.4 Å². The summed E-state index contributed by atoms with van der Waals surface area (Å²) in [5.74, 6) is -1.17. The van der Waals surface area contributed by atoms with E-state index in [9.17, 15) is 26.0 Å². The third-order valence-electron chi connectivity index (χ3n) is 5.51. The fraction of sp³-hybridized carbons (Fsp3) is 0.273. The van der Waals surface area contributed by atoms with Gasteiger partial charge in [0.2, 0.25) is 10.0 Å². The highest BCUT2D eigenvalue weighted by Gasteiger charge is 2.39. The molecule has 0 saturated carbocycles. The van der Waals surface area contributed by atoms with Crippen molar-refractivity contribution in [1.82, 2.24) is 8.87 Å². The fourth-order valence-corrected chi connectivity index (χ4v) is 7.32. The lowest BCUT2D eigenvalue weighted by atomic mass is 10.2. The molecule has 1 amide bonds. The molecule has 0 radical (unpaired) electrons. The minimum atomic E-state index is -4.01. The van der Waals surface area contributed by atoms with Gasteiger partial charge in [0.1, 0.15) is 11.9 Å². The van der Waals surface area contributed by atoms with Gasteiger partial charge in [-0.2, -0.15) is 9.30 Å². The van der Waals surface area contributed by atoms with E-state index < -0.39 is 37.6 Å². The van der Waals surface area contributed by atoms with Crippen LogP contribution in [0.4, 0.5) is 4.39 Å². The standard InChI is InChI=1S/C22H22FN3O5S3/c1-3-12-25-18-11-10-17(33(2,28)29)14-20(18)32-22(25)24-21(27)19-5-4-13-26(19)34(30,31)16-8-6-15(23)7-9-16/h3,6-11,14,19H,1,4-5,12-13H2,2H3. The molecule has 2 aromatic carbocycles. The zero-order valence-corrected chi connectivity index (χ0v) is 20.7. The number of carbonyl (C=O) groups is 1. The van der Waals surface area contributed by atoms with Gasteiger partial charge in [-0.05, 0) is 55.3 Å². The summed E-state index contributed by atoms with van der Waals surface area (Å²) in [7, 11) is -7.43. The fourth-order valence-electron chi connectivity index (χ4n) is 3.86. The molecule has 0 bridgehead atoms. The highest BCUT2D eigenvalue weighted by atomic mass is 32.2. The van der Waals surface area contributed by atoms with E-state index in [1.165, 1.54) is 24.3 Å². The normalized spacial score (nSPS) is 17.9. The Kier molecular flexibility index (Phi) is 6.60. The molecule has 12 heteroatoms. The monoisotopic (exact) mass is 523 g/mol. The van der Waals surface area contributed by atoms with Gasteiger partial charge in [0.25, 0.3) is 5.91 Å². The second kappa shape index (κ2) is 9.17. The SMILES string of the molecule is C=CCn1c(=NC(=O)C2CCCN2S(=O)(=O)c2ccc(F)cc2)sc2cc(S(C)(=O)=O)ccc21. The Morgan fingerprint density at radius 2 is 1.85 bits per heavy atom. The maximum Gasteiger partial charge on any atom is 0.266 e. The smallest absolute Gasteiger partial charge is 0.266 e. The van der Waals surface area contributed by atoms with E-state index in [-0.39, 0.29) is 16.3 Å². The molecular weight excluding hydrogens is 501 g/mol. The van der Waals surface area contributed by atoms with Crippen LogP contribution in [0.3, 0.4) is 0 Å². The Hall–Kier alpha value is -2.67. The Labute approximate surface area is 200 Å². The summed E-state index contributed by atoms with van der Waals surface area (Å²) in [5.41, 5.74) is 0.686. The minimum absolute atomic E-state index is 0.0921. The molecule has 4 rings (SSSR count). The van der Waals surface area contributed by atoms with Crippen molar-refractivity contribution in [2.45, 2.75) is 35.2 Å². The Morgan fingerprint density at radius 3 is 2.50 bits per heavy atom. The lowest BCUT2D eigenvalue weighted by Gasteiger charge is -2.21. The van der Waals surface area contributed by atoms with Gasteiger partial charge in [0.05, 0.1) is 20.0 Å². The Bertz CT molecular complexity index is 1560. The first-order chi connectivity index (χ1) is 16.0. The van der Waals surface area contributed by atoms with Crippen LogP contribution in [-0.4, -0.2) is 50.5 Å². The van der Waals surface area contributed by atoms with Crippen molar-refractivity contribution in [1.29, 1.82) is 0 Å². The van der Waals surface area contributed by atoms with Gasteiger partial charge < -0.3 is 4.57 Å². The number of thiazole rings is 1. The molecule has 34 heavy (non-hydrogen) atoms. The maximum absolute atomic E-state index is 13.3. The average Bonchev–Trinajstić information content (AvgIpc) is 3.39. The number of sulfone groups is 1. The Balaban J connectivity index is 1.75. The number of fused-ring (bicyclic) bond motifs is 1. The van der Waals surface area contributed by atoms with Crippen LogP contribution in [-0.2, 0) is 31.2 Å². The summed E-state index contributed by atoms with van der Waals surface area (Å²) in [6.45, 7) is 4.21. The lowest BCUT2D eigenvalue weighted by Crippen LogP contribution is -2.40. The molecular formula is C22H22FN3O5S3. The molecule has 1 fully saturated rings. The maximum atomic E-state index is 13.3. The average molecular weight is 524 g/mol. The quantitative estimate of drug-likeness (QED) is 0.462. The zero-order valence-electron chi connectivity index (χ0n) is 18.2. The molecule has 0 N–H and O–H groups in total. The number of amides is 1. The number of rotatable bonds is 6. The van der Waals surface area contributed by atoms with Crippen molar-refractivity contribution in [2.75, 3.05) is 12.8 Å². The highest BCUT2D eigenvalue weighted by Crippen LogP contribution is 2.27. The summed E-state index contributed by atoms with van der Waals surface area (Å²) >= 11 is 1.14. The predicted molar refractivity (Wildman–Crippen MR) is 127 cm³/mol. The molecule has 1 saturated heterocycles. The summed E-state index contributed by atoms with van der Waals surface area (Å²) in [4.78, 5) is 17.8. The van der Waals surface area contributed by atoms with Crippen molar-refractivity contribution in [3.05, 3.63) is 65.7 Å². The number of hydrogen-bond acceptors (Lipinski definition) is 6. The van der Waals surface area contributed by atoms with E-state index >= 15 is 0 Å². The molecule has 1 aliphatic rings. The van der Waals surface area contributed by atoms with Crippen LogP contribution in [0.15, 0.2) is 69.9 Å².